The minimum absolute atomic E-state index is 0.00271. The van der Waals surface area contributed by atoms with Crippen LogP contribution in [0, 0.1) is 29.1 Å². The minimum atomic E-state index is -0.732. The van der Waals surface area contributed by atoms with Gasteiger partial charge >= 0.3 is 0 Å². The summed E-state index contributed by atoms with van der Waals surface area (Å²) in [6.45, 7) is 3.83. The van der Waals surface area contributed by atoms with E-state index < -0.39 is 5.92 Å². The van der Waals surface area contributed by atoms with E-state index in [1.165, 1.54) is 61.2 Å². The highest BCUT2D eigenvalue weighted by Crippen LogP contribution is 2.60. The Balaban J connectivity index is 1.10. The van der Waals surface area contributed by atoms with Crippen molar-refractivity contribution in [3.8, 4) is 6.07 Å². The molecular weight excluding hydrogens is 428 g/mol. The van der Waals surface area contributed by atoms with Crippen LogP contribution >= 0.6 is 11.3 Å². The molecule has 4 bridgehead atoms. The largest absolute Gasteiger partial charge is 0.369 e. The molecule has 0 N–H and O–H groups in total. The number of ketones is 1. The minimum Gasteiger partial charge on any atom is -0.369 e. The van der Waals surface area contributed by atoms with Gasteiger partial charge in [0.15, 0.2) is 11.7 Å². The van der Waals surface area contributed by atoms with Crippen molar-refractivity contribution in [2.45, 2.75) is 49.9 Å². The quantitative estimate of drug-likeness (QED) is 0.630. The number of rotatable bonds is 6. The van der Waals surface area contributed by atoms with Gasteiger partial charge in [0.05, 0.1) is 18.3 Å². The second-order valence-electron chi connectivity index (χ2n) is 10.9. The molecule has 1 atom stereocenters. The van der Waals surface area contributed by atoms with Crippen LogP contribution in [0.25, 0.3) is 0 Å². The van der Waals surface area contributed by atoms with Crippen molar-refractivity contribution in [1.82, 2.24) is 9.88 Å². The van der Waals surface area contributed by atoms with Crippen molar-refractivity contribution in [1.29, 1.82) is 5.26 Å². The molecule has 0 radical (unpaired) electrons. The van der Waals surface area contributed by atoms with Crippen molar-refractivity contribution in [3.05, 3.63) is 46.4 Å². The molecule has 1 aliphatic heterocycles. The zero-order valence-electron chi connectivity index (χ0n) is 19.2. The van der Waals surface area contributed by atoms with Crippen LogP contribution in [0.3, 0.4) is 0 Å². The second kappa shape index (κ2) is 8.52. The zero-order valence-corrected chi connectivity index (χ0v) is 20.0. The summed E-state index contributed by atoms with van der Waals surface area (Å²) in [4.78, 5) is 22.7. The predicted molar refractivity (Wildman–Crippen MR) is 130 cm³/mol. The number of anilines is 1. The van der Waals surface area contributed by atoms with Crippen molar-refractivity contribution in [3.63, 3.8) is 0 Å². The third-order valence-corrected chi connectivity index (χ3v) is 9.58. The van der Waals surface area contributed by atoms with Gasteiger partial charge in [0.25, 0.3) is 0 Å². The van der Waals surface area contributed by atoms with Crippen LogP contribution in [0.15, 0.2) is 35.7 Å². The van der Waals surface area contributed by atoms with Gasteiger partial charge in [-0.25, -0.2) is 4.98 Å². The monoisotopic (exact) mass is 460 g/mol. The maximum atomic E-state index is 13.1. The Morgan fingerprint density at radius 3 is 2.30 bits per heavy atom. The molecule has 1 aromatic heterocycles. The molecule has 0 amide bonds. The molecule has 1 aromatic carbocycles. The molecule has 5 fully saturated rings. The highest BCUT2D eigenvalue weighted by molar-refractivity contribution is 7.10. The van der Waals surface area contributed by atoms with Gasteiger partial charge in [0.2, 0.25) is 0 Å². The predicted octanol–water partition coefficient (Wildman–Crippen LogP) is 4.61. The fraction of sp³-hybridized carbons (Fsp3) is 0.593. The fourth-order valence-electron chi connectivity index (χ4n) is 7.47. The van der Waals surface area contributed by atoms with Crippen molar-refractivity contribution in [2.24, 2.45) is 17.8 Å². The van der Waals surface area contributed by atoms with Crippen molar-refractivity contribution < 1.29 is 4.79 Å². The third-order valence-electron chi connectivity index (χ3n) is 8.67. The van der Waals surface area contributed by atoms with Crippen LogP contribution in [0.5, 0.6) is 0 Å². The standard InChI is InChI=1S/C27H32N4OS/c28-16-23(24(32)17-30-6-8-31(9-7-30)22-4-2-1-3-5-22)26-29-25(18-33-26)27-13-19-10-20(14-27)12-21(11-19)15-27/h1-5,18-21,23H,6-15,17H2/t19?,20?,21?,23-,27?/m1/s1. The van der Waals surface area contributed by atoms with E-state index in [1.54, 1.807) is 0 Å². The maximum Gasteiger partial charge on any atom is 0.170 e. The first-order valence-corrected chi connectivity index (χ1v) is 13.4. The lowest BCUT2D eigenvalue weighted by molar-refractivity contribution is -0.120. The Bertz CT molecular complexity index is 1010. The van der Waals surface area contributed by atoms with Crippen LogP contribution in [-0.2, 0) is 10.2 Å². The molecule has 2 aromatic rings. The van der Waals surface area contributed by atoms with E-state index >= 15 is 0 Å². The number of nitriles is 1. The molecule has 172 valence electrons. The average molecular weight is 461 g/mol. The summed E-state index contributed by atoms with van der Waals surface area (Å²) in [5.41, 5.74) is 2.64. The molecule has 6 heteroatoms. The van der Waals surface area contributed by atoms with Gasteiger partial charge in [0, 0.05) is 42.7 Å². The highest BCUT2D eigenvalue weighted by atomic mass is 32.1. The number of benzene rings is 1. The Morgan fingerprint density at radius 1 is 1.06 bits per heavy atom. The highest BCUT2D eigenvalue weighted by Gasteiger charge is 2.52. The van der Waals surface area contributed by atoms with Gasteiger partial charge in [-0.3, -0.25) is 9.69 Å². The smallest absolute Gasteiger partial charge is 0.170 e. The Labute approximate surface area is 200 Å². The first-order chi connectivity index (χ1) is 16.1. The molecule has 33 heavy (non-hydrogen) atoms. The lowest BCUT2D eigenvalue weighted by Crippen LogP contribution is -2.48. The molecule has 0 unspecified atom stereocenters. The van der Waals surface area contributed by atoms with E-state index in [0.717, 1.165) is 48.9 Å². The molecule has 5 nitrogen and oxygen atoms in total. The number of nitrogens with zero attached hydrogens (tertiary/aromatic N) is 4. The van der Waals surface area contributed by atoms with E-state index in [4.69, 9.17) is 4.98 Å². The Kier molecular flexibility index (Phi) is 5.50. The van der Waals surface area contributed by atoms with Gasteiger partial charge in [-0.15, -0.1) is 11.3 Å². The first-order valence-electron chi connectivity index (χ1n) is 12.5. The number of carbonyl (C=O) groups is 1. The summed E-state index contributed by atoms with van der Waals surface area (Å²) >= 11 is 1.54. The lowest BCUT2D eigenvalue weighted by Gasteiger charge is -2.56. The lowest BCUT2D eigenvalue weighted by atomic mass is 9.49. The molecule has 1 saturated heterocycles. The topological polar surface area (TPSA) is 60.2 Å². The van der Waals surface area contributed by atoms with Crippen molar-refractivity contribution in [2.75, 3.05) is 37.6 Å². The number of Topliss-reactive ketones (excluding diaryl/α,β-unsaturated/α-hetero) is 1. The van der Waals surface area contributed by atoms with Crippen LogP contribution in [0.2, 0.25) is 0 Å². The number of aromatic nitrogens is 1. The Morgan fingerprint density at radius 2 is 1.70 bits per heavy atom. The maximum absolute atomic E-state index is 13.1. The number of hydrogen-bond donors (Lipinski definition) is 0. The van der Waals surface area contributed by atoms with Crippen LogP contribution in [0.1, 0.15) is 55.1 Å². The van der Waals surface area contributed by atoms with E-state index in [0.29, 0.717) is 6.54 Å². The SMILES string of the molecule is N#C[C@H](C(=O)CN1CCN(c2ccccc2)CC1)c1nc(C23CC4CC(CC(C4)C2)C3)cs1. The summed E-state index contributed by atoms with van der Waals surface area (Å²) in [6, 6.07) is 12.7. The van der Waals surface area contributed by atoms with Crippen LogP contribution < -0.4 is 4.90 Å². The number of hydrogen-bond acceptors (Lipinski definition) is 6. The molecular formula is C27H32N4OS. The third kappa shape index (κ3) is 4.00. The second-order valence-corrected chi connectivity index (χ2v) is 11.8. The molecule has 4 aliphatic carbocycles. The summed E-state index contributed by atoms with van der Waals surface area (Å²) in [7, 11) is 0. The molecule has 2 heterocycles. The van der Waals surface area contributed by atoms with Gasteiger partial charge in [0.1, 0.15) is 5.01 Å². The van der Waals surface area contributed by atoms with Crippen LogP contribution in [0.4, 0.5) is 5.69 Å². The molecule has 4 saturated carbocycles. The van der Waals surface area contributed by atoms with Crippen LogP contribution in [-0.4, -0.2) is 48.4 Å². The summed E-state index contributed by atoms with van der Waals surface area (Å²) in [6.07, 6.45) is 8.02. The molecule has 5 aliphatic rings. The number of thiazole rings is 1. The van der Waals surface area contributed by atoms with E-state index in [9.17, 15) is 10.1 Å². The van der Waals surface area contributed by atoms with E-state index in [-0.39, 0.29) is 11.2 Å². The van der Waals surface area contributed by atoms with Gasteiger partial charge in [-0.2, -0.15) is 5.26 Å². The van der Waals surface area contributed by atoms with Crippen molar-refractivity contribution >= 4 is 22.8 Å². The normalized spacial score (nSPS) is 32.0. The zero-order chi connectivity index (χ0) is 22.4. The molecule has 7 rings (SSSR count). The van der Waals surface area contributed by atoms with E-state index in [2.05, 4.69) is 45.5 Å². The summed E-state index contributed by atoms with van der Waals surface area (Å²) < 4.78 is 0. The number of carbonyl (C=O) groups excluding carboxylic acids is 1. The summed E-state index contributed by atoms with van der Waals surface area (Å²) in [5.74, 6) is 1.86. The molecule has 0 spiro atoms. The first kappa shape index (κ1) is 21.3. The fourth-order valence-corrected chi connectivity index (χ4v) is 8.47. The number of para-hydroxylation sites is 1. The number of piperazine rings is 1. The van der Waals surface area contributed by atoms with E-state index in [1.807, 2.05) is 6.07 Å². The average Bonchev–Trinajstić information content (AvgIpc) is 3.31. The van der Waals surface area contributed by atoms with Gasteiger partial charge in [-0.1, -0.05) is 18.2 Å². The Hall–Kier alpha value is -2.23. The van der Waals surface area contributed by atoms with Gasteiger partial charge in [-0.05, 0) is 68.4 Å². The van der Waals surface area contributed by atoms with Gasteiger partial charge < -0.3 is 4.90 Å². The summed E-state index contributed by atoms with van der Waals surface area (Å²) in [5, 5.41) is 12.8.